The number of amides is 1. The van der Waals surface area contributed by atoms with Gasteiger partial charge in [0.1, 0.15) is 24.4 Å². The van der Waals surface area contributed by atoms with Crippen LogP contribution in [-0.4, -0.2) is 87.5 Å². The molecule has 6 N–H and O–H groups in total. The molecular weight excluding hydrogens is 562 g/mol. The van der Waals surface area contributed by atoms with Crippen molar-refractivity contribution in [3.8, 4) is 0 Å². The highest BCUT2D eigenvalue weighted by Gasteiger charge is 2.44. The van der Waals surface area contributed by atoms with Crippen molar-refractivity contribution in [3.63, 3.8) is 0 Å². The predicted molar refractivity (Wildman–Crippen MR) is 175 cm³/mol. The molecule has 0 spiro atoms. The summed E-state index contributed by atoms with van der Waals surface area (Å²) in [6.07, 6.45) is 20.9. The minimum Gasteiger partial charge on any atom is -0.394 e. The average molecular weight is 628 g/mol. The molecule has 1 aliphatic rings. The molecule has 7 unspecified atom stereocenters. The van der Waals surface area contributed by atoms with Crippen LogP contribution in [0.25, 0.3) is 0 Å². The highest BCUT2D eigenvalue weighted by molar-refractivity contribution is 5.76. The number of nitrogens with one attached hydrogen (secondary N) is 1. The lowest BCUT2D eigenvalue weighted by Gasteiger charge is -2.40. The van der Waals surface area contributed by atoms with Crippen molar-refractivity contribution < 1.29 is 39.8 Å². The largest absolute Gasteiger partial charge is 0.394 e. The molecule has 0 aromatic heterocycles. The van der Waals surface area contributed by atoms with E-state index in [1.54, 1.807) is 6.08 Å². The number of rotatable bonds is 27. The number of carbonyl (C=O) groups is 1. The van der Waals surface area contributed by atoms with Gasteiger partial charge in [0.25, 0.3) is 0 Å². The quantitative estimate of drug-likeness (QED) is 0.0537. The molecule has 0 bridgehead atoms. The predicted octanol–water partition coefficient (Wildman–Crippen LogP) is 5.21. The van der Waals surface area contributed by atoms with E-state index in [4.69, 9.17) is 9.47 Å². The van der Waals surface area contributed by atoms with Crippen LogP contribution in [-0.2, 0) is 14.3 Å². The van der Waals surface area contributed by atoms with Gasteiger partial charge in [-0.1, -0.05) is 122 Å². The van der Waals surface area contributed by atoms with Crippen molar-refractivity contribution in [2.45, 2.75) is 179 Å². The van der Waals surface area contributed by atoms with Crippen LogP contribution < -0.4 is 5.32 Å². The van der Waals surface area contributed by atoms with Crippen LogP contribution in [0.5, 0.6) is 0 Å². The zero-order chi connectivity index (χ0) is 32.4. The lowest BCUT2D eigenvalue weighted by molar-refractivity contribution is -0.302. The number of hydrogen-bond donors (Lipinski definition) is 6. The smallest absolute Gasteiger partial charge is 0.220 e. The number of aliphatic hydroxyl groups is 5. The highest BCUT2D eigenvalue weighted by atomic mass is 16.7. The maximum atomic E-state index is 12.7. The molecule has 9 heteroatoms. The van der Waals surface area contributed by atoms with E-state index in [1.807, 2.05) is 6.08 Å². The van der Waals surface area contributed by atoms with E-state index in [1.165, 1.54) is 77.0 Å². The SMILES string of the molecule is CCCCCCCCC/C=C/CC/C=C/C(O)C(COC1OC(CO)C(O)C(O)C1O)NC(=O)CCCCCCCCCC. The van der Waals surface area contributed by atoms with Gasteiger partial charge in [-0.25, -0.2) is 0 Å². The zero-order valence-electron chi connectivity index (χ0n) is 27.7. The Kier molecular flexibility index (Phi) is 24.8. The number of carbonyl (C=O) groups excluding carboxylic acids is 1. The third kappa shape index (κ3) is 18.6. The van der Waals surface area contributed by atoms with Gasteiger partial charge in [-0.2, -0.15) is 0 Å². The van der Waals surface area contributed by atoms with Crippen molar-refractivity contribution in [2.24, 2.45) is 0 Å². The van der Waals surface area contributed by atoms with Gasteiger partial charge in [-0.15, -0.1) is 0 Å². The Morgan fingerprint density at radius 3 is 1.91 bits per heavy atom. The van der Waals surface area contributed by atoms with Gasteiger partial charge in [0.05, 0.1) is 25.4 Å². The zero-order valence-corrected chi connectivity index (χ0v) is 27.7. The standard InChI is InChI=1S/C35H65NO8/c1-3-5-7-9-11-13-14-15-16-17-18-20-22-24-29(38)28(36-31(39)25-23-21-19-12-10-8-6-4-2)27-43-35-34(42)33(41)32(40)30(26-37)44-35/h16-17,22,24,28-30,32-35,37-38,40-42H,3-15,18-21,23,25-27H2,1-2H3,(H,36,39)/b17-16+,24-22+. The summed E-state index contributed by atoms with van der Waals surface area (Å²) in [6.45, 7) is 3.67. The van der Waals surface area contributed by atoms with Crippen molar-refractivity contribution in [1.29, 1.82) is 0 Å². The fourth-order valence-corrected chi connectivity index (χ4v) is 5.34. The second kappa shape index (κ2) is 26.8. The summed E-state index contributed by atoms with van der Waals surface area (Å²) in [7, 11) is 0. The number of ether oxygens (including phenoxy) is 2. The molecule has 1 fully saturated rings. The van der Waals surface area contributed by atoms with Crippen LogP contribution in [0.2, 0.25) is 0 Å². The van der Waals surface area contributed by atoms with Crippen LogP contribution in [0.15, 0.2) is 24.3 Å². The van der Waals surface area contributed by atoms with Crippen LogP contribution in [0.4, 0.5) is 0 Å². The molecule has 0 saturated carbocycles. The van der Waals surface area contributed by atoms with Crippen LogP contribution >= 0.6 is 0 Å². The molecule has 1 aliphatic heterocycles. The van der Waals surface area contributed by atoms with Crippen LogP contribution in [0, 0.1) is 0 Å². The molecule has 44 heavy (non-hydrogen) atoms. The third-order valence-electron chi connectivity index (χ3n) is 8.28. The van der Waals surface area contributed by atoms with Gasteiger partial charge < -0.3 is 40.3 Å². The highest BCUT2D eigenvalue weighted by Crippen LogP contribution is 2.22. The van der Waals surface area contributed by atoms with Crippen molar-refractivity contribution in [1.82, 2.24) is 5.32 Å². The molecule has 9 nitrogen and oxygen atoms in total. The maximum absolute atomic E-state index is 12.7. The Morgan fingerprint density at radius 1 is 0.750 bits per heavy atom. The summed E-state index contributed by atoms with van der Waals surface area (Å²) in [5, 5.41) is 53.6. The Balaban J connectivity index is 2.54. The fourth-order valence-electron chi connectivity index (χ4n) is 5.34. The summed E-state index contributed by atoms with van der Waals surface area (Å²) >= 11 is 0. The number of hydrogen-bond acceptors (Lipinski definition) is 8. The van der Waals surface area contributed by atoms with Crippen LogP contribution in [0.1, 0.15) is 136 Å². The number of unbranched alkanes of at least 4 members (excludes halogenated alkanes) is 15. The van der Waals surface area contributed by atoms with E-state index < -0.39 is 49.5 Å². The number of aliphatic hydroxyl groups excluding tert-OH is 5. The van der Waals surface area contributed by atoms with Gasteiger partial charge in [0.15, 0.2) is 6.29 Å². The summed E-state index contributed by atoms with van der Waals surface area (Å²) in [5.41, 5.74) is 0. The summed E-state index contributed by atoms with van der Waals surface area (Å²) in [5.74, 6) is -0.195. The molecule has 0 aliphatic carbocycles. The topological polar surface area (TPSA) is 149 Å². The Hall–Kier alpha value is -1.33. The molecule has 7 atom stereocenters. The van der Waals surface area contributed by atoms with Crippen molar-refractivity contribution in [3.05, 3.63) is 24.3 Å². The summed E-state index contributed by atoms with van der Waals surface area (Å²) in [4.78, 5) is 12.7. The van der Waals surface area contributed by atoms with Crippen molar-refractivity contribution in [2.75, 3.05) is 13.2 Å². The molecule has 0 aromatic rings. The Labute approximate surface area is 267 Å². The Morgan fingerprint density at radius 2 is 1.30 bits per heavy atom. The van der Waals surface area contributed by atoms with Gasteiger partial charge in [0, 0.05) is 6.42 Å². The first-order valence-corrected chi connectivity index (χ1v) is 17.6. The summed E-state index contributed by atoms with van der Waals surface area (Å²) < 4.78 is 11.1. The molecule has 1 heterocycles. The first-order valence-electron chi connectivity index (χ1n) is 17.6. The second-order valence-corrected chi connectivity index (χ2v) is 12.3. The normalized spacial score (nSPS) is 23.8. The molecular formula is C35H65NO8. The van der Waals surface area contributed by atoms with E-state index in [2.05, 4.69) is 31.3 Å². The van der Waals surface area contributed by atoms with E-state index in [9.17, 15) is 30.3 Å². The lowest BCUT2D eigenvalue weighted by atomic mass is 9.99. The number of allylic oxidation sites excluding steroid dienone is 3. The average Bonchev–Trinajstić information content (AvgIpc) is 3.02. The third-order valence-corrected chi connectivity index (χ3v) is 8.28. The van der Waals surface area contributed by atoms with E-state index >= 15 is 0 Å². The second-order valence-electron chi connectivity index (χ2n) is 12.3. The van der Waals surface area contributed by atoms with Gasteiger partial charge in [0.2, 0.25) is 5.91 Å². The van der Waals surface area contributed by atoms with Gasteiger partial charge in [-0.05, 0) is 32.1 Å². The molecule has 1 amide bonds. The maximum Gasteiger partial charge on any atom is 0.220 e. The Bertz CT molecular complexity index is 746. The van der Waals surface area contributed by atoms with E-state index in [0.29, 0.717) is 6.42 Å². The fraction of sp³-hybridized carbons (Fsp3) is 0.857. The molecule has 1 saturated heterocycles. The monoisotopic (exact) mass is 627 g/mol. The van der Waals surface area contributed by atoms with E-state index in [0.717, 1.165) is 38.5 Å². The first-order chi connectivity index (χ1) is 21.3. The van der Waals surface area contributed by atoms with Crippen molar-refractivity contribution >= 4 is 5.91 Å². The minimum absolute atomic E-state index is 0.195. The molecule has 0 aromatic carbocycles. The lowest BCUT2D eigenvalue weighted by Crippen LogP contribution is -2.60. The van der Waals surface area contributed by atoms with E-state index in [-0.39, 0.29) is 12.5 Å². The molecule has 0 radical (unpaired) electrons. The first kappa shape index (κ1) is 40.7. The molecule has 1 rings (SSSR count). The van der Waals surface area contributed by atoms with Gasteiger partial charge in [-0.3, -0.25) is 4.79 Å². The minimum atomic E-state index is -1.57. The van der Waals surface area contributed by atoms with Crippen LogP contribution in [0.3, 0.4) is 0 Å². The van der Waals surface area contributed by atoms with Gasteiger partial charge >= 0.3 is 0 Å². The molecule has 258 valence electrons. The summed E-state index contributed by atoms with van der Waals surface area (Å²) in [6, 6.07) is -0.812.